The number of methoxy groups -OCH3 is 1. The summed E-state index contributed by atoms with van der Waals surface area (Å²) < 4.78 is 17.9. The molecule has 148 valence electrons. The van der Waals surface area contributed by atoms with Crippen molar-refractivity contribution in [3.63, 3.8) is 0 Å². The predicted molar refractivity (Wildman–Crippen MR) is 113 cm³/mol. The molecule has 2 aromatic rings. The lowest BCUT2D eigenvalue weighted by atomic mass is 9.76. The van der Waals surface area contributed by atoms with Crippen molar-refractivity contribution in [1.29, 1.82) is 0 Å². The standard InChI is InChI=1S/C22H28BNO4/c1-15(25)24-14-17(23-27-21(2,3)22(4,5)28-23)13-16-11-12-20(26-6)19-10-8-7-9-18(16)19/h7-13H,14H2,1-6H3,(H,24,25). The van der Waals surface area contributed by atoms with Crippen molar-refractivity contribution in [2.24, 2.45) is 0 Å². The third kappa shape index (κ3) is 3.93. The summed E-state index contributed by atoms with van der Waals surface area (Å²) >= 11 is 0. The SMILES string of the molecule is COc1ccc(C=C(CNC(C)=O)B2OC(C)(C)C(C)(C)O2)c2ccccc12. The predicted octanol–water partition coefficient (Wildman–Crippen LogP) is 4.00. The molecule has 0 unspecified atom stereocenters. The van der Waals surface area contributed by atoms with Crippen LogP contribution in [0.1, 0.15) is 40.2 Å². The average molecular weight is 381 g/mol. The number of carbonyl (C=O) groups is 1. The van der Waals surface area contributed by atoms with Crippen LogP contribution >= 0.6 is 0 Å². The molecule has 1 saturated heterocycles. The normalized spacial score (nSPS) is 18.4. The molecule has 1 heterocycles. The van der Waals surface area contributed by atoms with Crippen LogP contribution in [0.15, 0.2) is 41.9 Å². The van der Waals surface area contributed by atoms with Crippen LogP contribution in [-0.2, 0) is 14.1 Å². The molecule has 1 aliphatic heterocycles. The Morgan fingerprint density at radius 2 is 1.68 bits per heavy atom. The molecule has 0 saturated carbocycles. The highest BCUT2D eigenvalue weighted by Crippen LogP contribution is 2.39. The van der Waals surface area contributed by atoms with Gasteiger partial charge >= 0.3 is 7.12 Å². The summed E-state index contributed by atoms with van der Waals surface area (Å²) in [5.41, 5.74) is 0.986. The van der Waals surface area contributed by atoms with Crippen molar-refractivity contribution < 1.29 is 18.8 Å². The lowest BCUT2D eigenvalue weighted by Crippen LogP contribution is -2.41. The largest absolute Gasteiger partial charge is 0.496 e. The third-order valence-corrected chi connectivity index (χ3v) is 5.58. The Bertz CT molecular complexity index is 904. The molecular weight excluding hydrogens is 353 g/mol. The quantitative estimate of drug-likeness (QED) is 0.796. The molecule has 0 spiro atoms. The van der Waals surface area contributed by atoms with Crippen molar-refractivity contribution >= 4 is 29.9 Å². The van der Waals surface area contributed by atoms with E-state index in [9.17, 15) is 4.79 Å². The van der Waals surface area contributed by atoms with E-state index in [1.807, 2.05) is 64.1 Å². The van der Waals surface area contributed by atoms with Gasteiger partial charge in [0.05, 0.1) is 18.3 Å². The Kier molecular flexibility index (Phi) is 5.55. The highest BCUT2D eigenvalue weighted by atomic mass is 16.7. The lowest BCUT2D eigenvalue weighted by Gasteiger charge is -2.32. The number of rotatable bonds is 5. The molecule has 28 heavy (non-hydrogen) atoms. The van der Waals surface area contributed by atoms with Crippen LogP contribution in [0.5, 0.6) is 5.75 Å². The molecule has 0 aliphatic carbocycles. The van der Waals surface area contributed by atoms with Gasteiger partial charge in [-0.2, -0.15) is 0 Å². The number of fused-ring (bicyclic) bond motifs is 1. The second-order valence-corrected chi connectivity index (χ2v) is 8.12. The Morgan fingerprint density at radius 3 is 2.25 bits per heavy atom. The van der Waals surface area contributed by atoms with Gasteiger partial charge in [-0.15, -0.1) is 0 Å². The summed E-state index contributed by atoms with van der Waals surface area (Å²) in [6, 6.07) is 12.1. The van der Waals surface area contributed by atoms with E-state index in [1.54, 1.807) is 7.11 Å². The number of benzene rings is 2. The van der Waals surface area contributed by atoms with E-state index in [-0.39, 0.29) is 5.91 Å². The van der Waals surface area contributed by atoms with Crippen LogP contribution in [0.2, 0.25) is 0 Å². The van der Waals surface area contributed by atoms with Crippen LogP contribution in [0.3, 0.4) is 0 Å². The van der Waals surface area contributed by atoms with Gasteiger partial charge in [0.1, 0.15) is 5.75 Å². The van der Waals surface area contributed by atoms with Crippen LogP contribution in [0.4, 0.5) is 0 Å². The van der Waals surface area contributed by atoms with Gasteiger partial charge in [-0.05, 0) is 50.2 Å². The molecule has 0 radical (unpaired) electrons. The molecule has 1 N–H and O–H groups in total. The first-order chi connectivity index (χ1) is 13.1. The molecule has 0 aromatic heterocycles. The summed E-state index contributed by atoms with van der Waals surface area (Å²) in [4.78, 5) is 11.5. The van der Waals surface area contributed by atoms with Crippen LogP contribution in [0.25, 0.3) is 16.8 Å². The zero-order valence-electron chi connectivity index (χ0n) is 17.5. The lowest BCUT2D eigenvalue weighted by molar-refractivity contribution is -0.118. The highest BCUT2D eigenvalue weighted by molar-refractivity contribution is 6.56. The second-order valence-electron chi connectivity index (χ2n) is 8.12. The fourth-order valence-corrected chi connectivity index (χ4v) is 3.22. The van der Waals surface area contributed by atoms with Crippen LogP contribution in [0, 0.1) is 0 Å². The maximum Gasteiger partial charge on any atom is 0.492 e. The van der Waals surface area contributed by atoms with E-state index in [2.05, 4.69) is 11.4 Å². The first-order valence-corrected chi connectivity index (χ1v) is 9.51. The summed E-state index contributed by atoms with van der Waals surface area (Å²) in [5.74, 6) is 0.730. The van der Waals surface area contributed by atoms with Crippen molar-refractivity contribution in [3.8, 4) is 5.75 Å². The van der Waals surface area contributed by atoms with Crippen molar-refractivity contribution in [2.75, 3.05) is 13.7 Å². The maximum atomic E-state index is 11.5. The van der Waals surface area contributed by atoms with Crippen molar-refractivity contribution in [3.05, 3.63) is 47.4 Å². The van der Waals surface area contributed by atoms with Gasteiger partial charge in [0, 0.05) is 18.9 Å². The van der Waals surface area contributed by atoms with Gasteiger partial charge in [0.15, 0.2) is 0 Å². The first kappa shape index (κ1) is 20.4. The van der Waals surface area contributed by atoms with E-state index in [1.165, 1.54) is 6.92 Å². The summed E-state index contributed by atoms with van der Waals surface area (Å²) in [7, 11) is 1.14. The molecule has 6 heteroatoms. The number of hydrogen-bond acceptors (Lipinski definition) is 4. The van der Waals surface area contributed by atoms with Gasteiger partial charge in [-0.3, -0.25) is 4.79 Å². The van der Waals surface area contributed by atoms with Gasteiger partial charge < -0.3 is 19.4 Å². The molecule has 1 fully saturated rings. The number of carbonyl (C=O) groups excluding carboxylic acids is 1. The van der Waals surface area contributed by atoms with E-state index >= 15 is 0 Å². The molecule has 1 amide bonds. The average Bonchev–Trinajstić information content (AvgIpc) is 2.85. The van der Waals surface area contributed by atoms with Crippen LogP contribution in [-0.4, -0.2) is 37.9 Å². The Hall–Kier alpha value is -2.31. The van der Waals surface area contributed by atoms with E-state index < -0.39 is 18.3 Å². The highest BCUT2D eigenvalue weighted by Gasteiger charge is 2.52. The number of hydrogen-bond donors (Lipinski definition) is 1. The first-order valence-electron chi connectivity index (χ1n) is 9.51. The minimum absolute atomic E-state index is 0.0954. The van der Waals surface area contributed by atoms with E-state index in [4.69, 9.17) is 14.0 Å². The van der Waals surface area contributed by atoms with Gasteiger partial charge in [-0.1, -0.05) is 36.4 Å². The van der Waals surface area contributed by atoms with E-state index in [0.717, 1.165) is 27.6 Å². The summed E-state index contributed by atoms with van der Waals surface area (Å²) in [6.07, 6.45) is 2.04. The number of ether oxygens (including phenoxy) is 1. The van der Waals surface area contributed by atoms with Crippen LogP contribution < -0.4 is 10.1 Å². The number of nitrogens with one attached hydrogen (secondary N) is 1. The van der Waals surface area contributed by atoms with Gasteiger partial charge in [0.25, 0.3) is 0 Å². The molecule has 5 nitrogen and oxygen atoms in total. The topological polar surface area (TPSA) is 56.8 Å². The molecule has 1 aliphatic rings. The fourth-order valence-electron chi connectivity index (χ4n) is 3.22. The molecule has 0 atom stereocenters. The minimum Gasteiger partial charge on any atom is -0.496 e. The Morgan fingerprint density at radius 1 is 1.07 bits per heavy atom. The summed E-state index contributed by atoms with van der Waals surface area (Å²) in [6.45, 7) is 9.94. The molecule has 0 bridgehead atoms. The van der Waals surface area contributed by atoms with Gasteiger partial charge in [0.2, 0.25) is 5.91 Å². The van der Waals surface area contributed by atoms with Crippen molar-refractivity contribution in [2.45, 2.75) is 45.8 Å². The number of amides is 1. The molecular formula is C22H28BNO4. The monoisotopic (exact) mass is 381 g/mol. The Balaban J connectivity index is 2.05. The van der Waals surface area contributed by atoms with E-state index in [0.29, 0.717) is 6.54 Å². The van der Waals surface area contributed by atoms with Crippen molar-refractivity contribution in [1.82, 2.24) is 5.32 Å². The molecule has 2 aromatic carbocycles. The molecule has 3 rings (SSSR count). The zero-order valence-corrected chi connectivity index (χ0v) is 17.5. The van der Waals surface area contributed by atoms with Gasteiger partial charge in [-0.25, -0.2) is 0 Å². The Labute approximate surface area is 167 Å². The smallest absolute Gasteiger partial charge is 0.492 e. The summed E-state index contributed by atoms with van der Waals surface area (Å²) in [5, 5.41) is 4.98. The minimum atomic E-state index is -0.530. The maximum absolute atomic E-state index is 11.5. The second kappa shape index (κ2) is 7.61. The fraction of sp³-hybridized carbons (Fsp3) is 0.409. The zero-order chi connectivity index (χ0) is 20.5. The third-order valence-electron chi connectivity index (χ3n) is 5.58.